The summed E-state index contributed by atoms with van der Waals surface area (Å²) >= 11 is 1.35. The van der Waals surface area contributed by atoms with E-state index in [1.54, 1.807) is 13.0 Å². The molecule has 1 unspecified atom stereocenters. The molecule has 2 heterocycles. The van der Waals surface area contributed by atoms with Gasteiger partial charge in [0.2, 0.25) is 5.91 Å². The molecule has 0 spiro atoms. The van der Waals surface area contributed by atoms with Crippen LogP contribution in [0.4, 0.5) is 5.82 Å². The summed E-state index contributed by atoms with van der Waals surface area (Å²) < 4.78 is 6.86. The smallest absolute Gasteiger partial charge is 0.238 e. The van der Waals surface area contributed by atoms with Crippen molar-refractivity contribution in [3.05, 3.63) is 53.5 Å². The van der Waals surface area contributed by atoms with Gasteiger partial charge in [-0.15, -0.1) is 10.2 Å². The molecule has 0 saturated heterocycles. The maximum Gasteiger partial charge on any atom is 0.238 e. The van der Waals surface area contributed by atoms with E-state index in [4.69, 9.17) is 4.52 Å². The lowest BCUT2D eigenvalue weighted by atomic mass is 10.1. The van der Waals surface area contributed by atoms with Crippen molar-refractivity contribution in [1.29, 1.82) is 0 Å². The Morgan fingerprint density at radius 3 is 2.76 bits per heavy atom. The summed E-state index contributed by atoms with van der Waals surface area (Å²) in [5.74, 6) is 1.76. The van der Waals surface area contributed by atoms with E-state index in [1.807, 2.05) is 36.7 Å². The van der Waals surface area contributed by atoms with Gasteiger partial charge in [0.05, 0.1) is 5.25 Å². The zero-order valence-electron chi connectivity index (χ0n) is 14.3. The first kappa shape index (κ1) is 17.2. The molecule has 2 aromatic heterocycles. The highest BCUT2D eigenvalue weighted by Gasteiger charge is 2.20. The highest BCUT2D eigenvalue weighted by atomic mass is 32.2. The predicted octanol–water partition coefficient (Wildman–Crippen LogP) is 2.82. The summed E-state index contributed by atoms with van der Waals surface area (Å²) in [6.07, 6.45) is 0.698. The first-order chi connectivity index (χ1) is 12.0. The van der Waals surface area contributed by atoms with Crippen LogP contribution in [-0.2, 0) is 18.3 Å². The van der Waals surface area contributed by atoms with Gasteiger partial charge in [-0.05, 0) is 19.4 Å². The van der Waals surface area contributed by atoms with Gasteiger partial charge in [0.15, 0.2) is 11.0 Å². The number of carbonyl (C=O) groups excluding carboxylic acids is 1. The minimum atomic E-state index is -0.343. The van der Waals surface area contributed by atoms with Crippen LogP contribution in [0, 0.1) is 6.92 Å². The number of hydrogen-bond donors (Lipinski definition) is 1. The molecule has 1 amide bonds. The number of aryl methyl sites for hydroxylation is 1. The number of nitrogens with one attached hydrogen (secondary N) is 1. The van der Waals surface area contributed by atoms with Crippen LogP contribution >= 0.6 is 11.8 Å². The fraction of sp³-hybridized carbons (Fsp3) is 0.294. The third-order valence-electron chi connectivity index (χ3n) is 3.66. The third-order valence-corrected chi connectivity index (χ3v) is 4.79. The van der Waals surface area contributed by atoms with Crippen molar-refractivity contribution in [1.82, 2.24) is 19.9 Å². The van der Waals surface area contributed by atoms with E-state index in [2.05, 4.69) is 32.8 Å². The van der Waals surface area contributed by atoms with Crippen molar-refractivity contribution >= 4 is 23.5 Å². The average Bonchev–Trinajstić information content (AvgIpc) is 3.16. The Labute approximate surface area is 149 Å². The summed E-state index contributed by atoms with van der Waals surface area (Å²) in [7, 11) is 1.91. The van der Waals surface area contributed by atoms with Gasteiger partial charge >= 0.3 is 0 Å². The second-order valence-corrected chi connectivity index (χ2v) is 7.00. The normalized spacial score (nSPS) is 12.1. The van der Waals surface area contributed by atoms with Crippen LogP contribution in [0.1, 0.15) is 24.1 Å². The zero-order valence-corrected chi connectivity index (χ0v) is 15.1. The quantitative estimate of drug-likeness (QED) is 0.683. The number of aromatic nitrogens is 4. The Bertz CT molecular complexity index is 859. The Kier molecular flexibility index (Phi) is 5.18. The van der Waals surface area contributed by atoms with Crippen molar-refractivity contribution in [2.24, 2.45) is 7.05 Å². The molecular formula is C17H19N5O2S. The average molecular weight is 357 g/mol. The van der Waals surface area contributed by atoms with Crippen LogP contribution in [0.2, 0.25) is 0 Å². The first-order valence-electron chi connectivity index (χ1n) is 7.86. The van der Waals surface area contributed by atoms with Gasteiger partial charge < -0.3 is 14.4 Å². The molecule has 1 atom stereocenters. The topological polar surface area (TPSA) is 85.8 Å². The van der Waals surface area contributed by atoms with E-state index in [0.717, 1.165) is 5.82 Å². The molecule has 1 aromatic carbocycles. The van der Waals surface area contributed by atoms with Gasteiger partial charge in [0.1, 0.15) is 11.6 Å². The van der Waals surface area contributed by atoms with E-state index < -0.39 is 0 Å². The van der Waals surface area contributed by atoms with Gasteiger partial charge in [-0.2, -0.15) is 0 Å². The molecule has 0 aliphatic rings. The number of carbonyl (C=O) groups is 1. The van der Waals surface area contributed by atoms with Crippen molar-refractivity contribution in [2.45, 2.75) is 30.7 Å². The predicted molar refractivity (Wildman–Crippen MR) is 95.4 cm³/mol. The summed E-state index contributed by atoms with van der Waals surface area (Å²) in [6, 6.07) is 11.8. The van der Waals surface area contributed by atoms with Gasteiger partial charge in [-0.1, -0.05) is 47.3 Å². The molecule has 130 valence electrons. The molecule has 0 fully saturated rings. The number of rotatable bonds is 6. The number of anilines is 1. The molecule has 3 aromatic rings. The number of thioether (sulfide) groups is 1. The van der Waals surface area contributed by atoms with Crippen LogP contribution < -0.4 is 5.32 Å². The number of hydrogen-bond acceptors (Lipinski definition) is 6. The van der Waals surface area contributed by atoms with E-state index in [1.165, 1.54) is 17.3 Å². The van der Waals surface area contributed by atoms with E-state index in [-0.39, 0.29) is 11.2 Å². The molecule has 0 radical (unpaired) electrons. The number of nitrogens with zero attached hydrogens (tertiary/aromatic N) is 4. The molecule has 3 rings (SSSR count). The lowest BCUT2D eigenvalue weighted by Gasteiger charge is -2.10. The molecule has 8 heteroatoms. The first-order valence-corrected chi connectivity index (χ1v) is 8.74. The van der Waals surface area contributed by atoms with Crippen molar-refractivity contribution < 1.29 is 9.32 Å². The number of amides is 1. The second-order valence-electron chi connectivity index (χ2n) is 5.69. The van der Waals surface area contributed by atoms with Crippen molar-refractivity contribution in [3.63, 3.8) is 0 Å². The van der Waals surface area contributed by atoms with Gasteiger partial charge in [0, 0.05) is 19.5 Å². The van der Waals surface area contributed by atoms with Crippen molar-refractivity contribution in [2.75, 3.05) is 5.32 Å². The highest BCUT2D eigenvalue weighted by Crippen LogP contribution is 2.23. The Morgan fingerprint density at radius 2 is 2.08 bits per heavy atom. The Morgan fingerprint density at radius 1 is 1.32 bits per heavy atom. The second kappa shape index (κ2) is 7.52. The van der Waals surface area contributed by atoms with Crippen LogP contribution in [0.25, 0.3) is 0 Å². The van der Waals surface area contributed by atoms with Crippen LogP contribution in [0.3, 0.4) is 0 Å². The molecular weight excluding hydrogens is 338 g/mol. The monoisotopic (exact) mass is 357 g/mol. The van der Waals surface area contributed by atoms with E-state index in [9.17, 15) is 4.79 Å². The molecule has 1 N–H and O–H groups in total. The molecule has 25 heavy (non-hydrogen) atoms. The maximum atomic E-state index is 12.3. The minimum Gasteiger partial charge on any atom is -0.360 e. The lowest BCUT2D eigenvalue weighted by molar-refractivity contribution is -0.115. The fourth-order valence-corrected chi connectivity index (χ4v) is 3.08. The standard InChI is InChI=1S/C17H19N5O2S/c1-11-9-14(21-24-11)18-16(23)12(2)25-17-20-19-15(22(17)3)10-13-7-5-4-6-8-13/h4-9,12H,10H2,1-3H3,(H,18,21,23). The molecule has 0 aliphatic carbocycles. The van der Waals surface area contributed by atoms with Gasteiger partial charge in [-0.25, -0.2) is 0 Å². The molecule has 7 nitrogen and oxygen atoms in total. The van der Waals surface area contributed by atoms with Crippen LogP contribution in [0.5, 0.6) is 0 Å². The highest BCUT2D eigenvalue weighted by molar-refractivity contribution is 8.00. The van der Waals surface area contributed by atoms with Crippen molar-refractivity contribution in [3.8, 4) is 0 Å². The SMILES string of the molecule is Cc1cc(NC(=O)C(C)Sc2nnc(Cc3ccccc3)n2C)no1. The summed E-state index contributed by atoms with van der Waals surface area (Å²) in [5.41, 5.74) is 1.17. The summed E-state index contributed by atoms with van der Waals surface area (Å²) in [4.78, 5) is 12.3. The fourth-order valence-electron chi connectivity index (χ4n) is 2.24. The molecule has 0 bridgehead atoms. The third kappa shape index (κ3) is 4.27. The Hall–Kier alpha value is -2.61. The zero-order chi connectivity index (χ0) is 17.8. The Balaban J connectivity index is 1.63. The minimum absolute atomic E-state index is 0.161. The maximum absolute atomic E-state index is 12.3. The largest absolute Gasteiger partial charge is 0.360 e. The summed E-state index contributed by atoms with van der Waals surface area (Å²) in [6.45, 7) is 3.59. The van der Waals surface area contributed by atoms with E-state index >= 15 is 0 Å². The van der Waals surface area contributed by atoms with Crippen LogP contribution in [-0.4, -0.2) is 31.1 Å². The molecule has 0 aliphatic heterocycles. The van der Waals surface area contributed by atoms with E-state index in [0.29, 0.717) is 23.2 Å². The lowest BCUT2D eigenvalue weighted by Crippen LogP contribution is -2.23. The molecule has 0 saturated carbocycles. The van der Waals surface area contributed by atoms with Gasteiger partial charge in [0.25, 0.3) is 0 Å². The van der Waals surface area contributed by atoms with Gasteiger partial charge in [-0.3, -0.25) is 4.79 Å². The summed E-state index contributed by atoms with van der Waals surface area (Å²) in [5, 5.41) is 15.3. The van der Waals surface area contributed by atoms with Crippen LogP contribution in [0.15, 0.2) is 46.1 Å². The number of benzene rings is 1.